The van der Waals surface area contributed by atoms with Crippen molar-refractivity contribution >= 4 is 16.9 Å². The SMILES string of the molecule is C=C(CCC)c1cn2cc(C3=CN(C)NC3)cnc2n1. The normalized spacial score (nSPS) is 14.9. The lowest BCUT2D eigenvalue weighted by Gasteiger charge is -2.04. The van der Waals surface area contributed by atoms with Crippen LogP contribution in [0.25, 0.3) is 16.9 Å². The molecule has 0 spiro atoms. The van der Waals surface area contributed by atoms with Gasteiger partial charge in [-0.1, -0.05) is 19.9 Å². The summed E-state index contributed by atoms with van der Waals surface area (Å²) in [5, 5.41) is 1.96. The molecule has 1 aliphatic heterocycles. The summed E-state index contributed by atoms with van der Waals surface area (Å²) < 4.78 is 1.98. The summed E-state index contributed by atoms with van der Waals surface area (Å²) in [7, 11) is 1.99. The first-order valence-corrected chi connectivity index (χ1v) is 6.87. The third kappa shape index (κ3) is 2.32. The molecule has 5 heteroatoms. The van der Waals surface area contributed by atoms with Gasteiger partial charge in [0.05, 0.1) is 5.69 Å². The van der Waals surface area contributed by atoms with Gasteiger partial charge in [0, 0.05) is 43.9 Å². The molecular formula is C15H19N5. The molecule has 2 aromatic rings. The lowest BCUT2D eigenvalue weighted by atomic mass is 10.1. The molecule has 0 amide bonds. The lowest BCUT2D eigenvalue weighted by Crippen LogP contribution is -2.23. The van der Waals surface area contributed by atoms with Crippen molar-refractivity contribution in [3.63, 3.8) is 0 Å². The molecule has 0 bridgehead atoms. The van der Waals surface area contributed by atoms with E-state index in [0.29, 0.717) is 0 Å². The van der Waals surface area contributed by atoms with E-state index < -0.39 is 0 Å². The first kappa shape index (κ1) is 12.9. The van der Waals surface area contributed by atoms with Crippen LogP contribution in [0, 0.1) is 0 Å². The molecule has 2 aromatic heterocycles. The Morgan fingerprint density at radius 2 is 2.30 bits per heavy atom. The second-order valence-corrected chi connectivity index (χ2v) is 5.13. The zero-order valence-electron chi connectivity index (χ0n) is 11.9. The summed E-state index contributed by atoms with van der Waals surface area (Å²) in [6.45, 7) is 7.06. The number of hydrogen-bond donors (Lipinski definition) is 1. The number of fused-ring (bicyclic) bond motifs is 1. The van der Waals surface area contributed by atoms with Gasteiger partial charge in [-0.15, -0.1) is 0 Å². The molecule has 0 fully saturated rings. The van der Waals surface area contributed by atoms with Crippen molar-refractivity contribution in [3.05, 3.63) is 42.6 Å². The Kier molecular flexibility index (Phi) is 3.28. The molecule has 0 saturated carbocycles. The van der Waals surface area contributed by atoms with Crippen LogP contribution in [0.5, 0.6) is 0 Å². The van der Waals surface area contributed by atoms with E-state index >= 15 is 0 Å². The minimum absolute atomic E-state index is 0.723. The van der Waals surface area contributed by atoms with Crippen LogP contribution in [0.3, 0.4) is 0 Å². The molecule has 3 rings (SSSR count). The van der Waals surface area contributed by atoms with Crippen molar-refractivity contribution in [1.29, 1.82) is 0 Å². The fraction of sp³-hybridized carbons (Fsp3) is 0.333. The zero-order chi connectivity index (χ0) is 14.1. The maximum atomic E-state index is 4.52. The molecule has 20 heavy (non-hydrogen) atoms. The summed E-state index contributed by atoms with van der Waals surface area (Å²) in [4.78, 5) is 8.96. The predicted molar refractivity (Wildman–Crippen MR) is 80.7 cm³/mol. The molecule has 1 N–H and O–H groups in total. The predicted octanol–water partition coefficient (Wildman–Crippen LogP) is 2.33. The summed E-state index contributed by atoms with van der Waals surface area (Å²) in [5.41, 5.74) is 7.57. The first-order chi connectivity index (χ1) is 9.67. The van der Waals surface area contributed by atoms with Crippen molar-refractivity contribution in [3.8, 4) is 0 Å². The van der Waals surface area contributed by atoms with Crippen LogP contribution in [-0.4, -0.2) is 33.0 Å². The second-order valence-electron chi connectivity index (χ2n) is 5.13. The van der Waals surface area contributed by atoms with E-state index in [1.54, 1.807) is 0 Å². The Balaban J connectivity index is 1.95. The van der Waals surface area contributed by atoms with Gasteiger partial charge in [0.1, 0.15) is 0 Å². The molecule has 1 aliphatic rings. The largest absolute Gasteiger partial charge is 0.318 e. The van der Waals surface area contributed by atoms with Crippen molar-refractivity contribution in [2.75, 3.05) is 13.6 Å². The molecule has 0 atom stereocenters. The average Bonchev–Trinajstić information content (AvgIpc) is 3.04. The highest BCUT2D eigenvalue weighted by Crippen LogP contribution is 2.20. The molecule has 0 aromatic carbocycles. The number of hydrogen-bond acceptors (Lipinski definition) is 4. The van der Waals surface area contributed by atoms with E-state index in [9.17, 15) is 0 Å². The molecule has 0 aliphatic carbocycles. The van der Waals surface area contributed by atoms with E-state index in [1.807, 2.05) is 28.9 Å². The topological polar surface area (TPSA) is 45.5 Å². The molecule has 0 saturated heterocycles. The van der Waals surface area contributed by atoms with Crippen LogP contribution in [0.1, 0.15) is 31.0 Å². The maximum Gasteiger partial charge on any atom is 0.234 e. The highest BCUT2D eigenvalue weighted by Gasteiger charge is 2.12. The van der Waals surface area contributed by atoms with Gasteiger partial charge in [0.25, 0.3) is 0 Å². The van der Waals surface area contributed by atoms with Crippen molar-refractivity contribution < 1.29 is 0 Å². The average molecular weight is 269 g/mol. The summed E-state index contributed by atoms with van der Waals surface area (Å²) in [6.07, 6.45) is 10.1. The molecular weight excluding hydrogens is 250 g/mol. The Hall–Kier alpha value is -2.14. The minimum atomic E-state index is 0.723. The van der Waals surface area contributed by atoms with Gasteiger partial charge in [0.15, 0.2) is 0 Å². The van der Waals surface area contributed by atoms with Gasteiger partial charge < -0.3 is 5.01 Å². The third-order valence-electron chi connectivity index (χ3n) is 3.46. The quantitative estimate of drug-likeness (QED) is 0.925. The van der Waals surface area contributed by atoms with Crippen LogP contribution >= 0.6 is 0 Å². The smallest absolute Gasteiger partial charge is 0.234 e. The second kappa shape index (κ2) is 5.09. The Labute approximate surface area is 118 Å². The van der Waals surface area contributed by atoms with Crippen molar-refractivity contribution in [2.45, 2.75) is 19.8 Å². The monoisotopic (exact) mass is 269 g/mol. The fourth-order valence-electron chi connectivity index (χ4n) is 2.36. The number of allylic oxidation sites excluding steroid dienone is 1. The number of hydrazine groups is 1. The summed E-state index contributed by atoms with van der Waals surface area (Å²) >= 11 is 0. The van der Waals surface area contributed by atoms with E-state index in [1.165, 1.54) is 5.57 Å². The van der Waals surface area contributed by atoms with Gasteiger partial charge in [0.2, 0.25) is 5.78 Å². The summed E-state index contributed by atoms with van der Waals surface area (Å²) in [6, 6.07) is 0. The number of aromatic nitrogens is 3. The van der Waals surface area contributed by atoms with Crippen molar-refractivity contribution in [2.24, 2.45) is 0 Å². The van der Waals surface area contributed by atoms with Crippen LogP contribution in [0.15, 0.2) is 31.4 Å². The highest BCUT2D eigenvalue weighted by molar-refractivity contribution is 5.68. The Morgan fingerprint density at radius 1 is 1.45 bits per heavy atom. The third-order valence-corrected chi connectivity index (χ3v) is 3.46. The number of imidazole rings is 1. The molecule has 3 heterocycles. The van der Waals surface area contributed by atoms with Gasteiger partial charge in [-0.05, 0) is 17.6 Å². The van der Waals surface area contributed by atoms with Crippen LogP contribution < -0.4 is 5.43 Å². The van der Waals surface area contributed by atoms with Crippen molar-refractivity contribution in [1.82, 2.24) is 24.8 Å². The number of nitrogens with zero attached hydrogens (tertiary/aromatic N) is 4. The number of rotatable bonds is 4. The summed E-state index contributed by atoms with van der Waals surface area (Å²) in [5.74, 6) is 0.723. The fourth-order valence-corrected chi connectivity index (χ4v) is 2.36. The molecule has 104 valence electrons. The van der Waals surface area contributed by atoms with E-state index in [0.717, 1.165) is 42.0 Å². The van der Waals surface area contributed by atoms with E-state index in [2.05, 4.69) is 41.3 Å². The highest BCUT2D eigenvalue weighted by atomic mass is 15.5. The molecule has 5 nitrogen and oxygen atoms in total. The van der Waals surface area contributed by atoms with Gasteiger partial charge in [-0.3, -0.25) is 4.40 Å². The van der Waals surface area contributed by atoms with E-state index in [4.69, 9.17) is 0 Å². The van der Waals surface area contributed by atoms with Crippen LogP contribution in [0.4, 0.5) is 0 Å². The van der Waals surface area contributed by atoms with Gasteiger partial charge >= 0.3 is 0 Å². The molecule has 0 unspecified atom stereocenters. The zero-order valence-corrected chi connectivity index (χ0v) is 11.9. The van der Waals surface area contributed by atoms with Crippen LogP contribution in [0.2, 0.25) is 0 Å². The maximum absolute atomic E-state index is 4.52. The Morgan fingerprint density at radius 3 is 3.00 bits per heavy atom. The van der Waals surface area contributed by atoms with E-state index in [-0.39, 0.29) is 0 Å². The van der Waals surface area contributed by atoms with Gasteiger partial charge in [-0.2, -0.15) is 0 Å². The first-order valence-electron chi connectivity index (χ1n) is 6.87. The number of nitrogens with one attached hydrogen (secondary N) is 1. The minimum Gasteiger partial charge on any atom is -0.318 e. The molecule has 0 radical (unpaired) electrons. The standard InChI is InChI=1S/C15H19N5/c1-4-5-11(2)14-10-20-9-12(6-16-15(20)18-14)13-7-17-19(3)8-13/h6,8-10,17H,2,4-5,7H2,1,3H3. The van der Waals surface area contributed by atoms with Gasteiger partial charge in [-0.25, -0.2) is 15.4 Å². The Bertz CT molecular complexity index is 683. The van der Waals surface area contributed by atoms with Crippen LogP contribution in [-0.2, 0) is 0 Å². The lowest BCUT2D eigenvalue weighted by molar-refractivity contribution is 0.374.